The Labute approximate surface area is 181 Å². The Morgan fingerprint density at radius 1 is 1.06 bits per heavy atom. The summed E-state index contributed by atoms with van der Waals surface area (Å²) >= 11 is 0. The van der Waals surface area contributed by atoms with Crippen molar-refractivity contribution >= 4 is 5.91 Å². The number of benzene rings is 2. The number of rotatable bonds is 8. The Hall–Kier alpha value is -3.82. The van der Waals surface area contributed by atoms with Crippen molar-refractivity contribution in [2.24, 2.45) is 0 Å². The first-order chi connectivity index (χ1) is 15.3. The number of alkyl halides is 3. The molecule has 1 aromatic heterocycles. The molecule has 10 heteroatoms. The molecule has 32 heavy (non-hydrogen) atoms. The van der Waals surface area contributed by atoms with Gasteiger partial charge in [-0.2, -0.15) is 18.3 Å². The lowest BCUT2D eigenvalue weighted by Gasteiger charge is -2.11. The summed E-state index contributed by atoms with van der Waals surface area (Å²) in [5.74, 6) is 0.0355. The average Bonchev–Trinajstić information content (AvgIpc) is 2.78. The number of carbonyl (C=O) groups is 1. The van der Waals surface area contributed by atoms with Gasteiger partial charge in [0.15, 0.2) is 6.61 Å². The Morgan fingerprint density at radius 2 is 1.81 bits per heavy atom. The van der Waals surface area contributed by atoms with E-state index in [1.54, 1.807) is 31.4 Å². The maximum Gasteiger partial charge on any atom is 0.416 e. The molecule has 0 bridgehead atoms. The van der Waals surface area contributed by atoms with Crippen molar-refractivity contribution in [1.29, 1.82) is 0 Å². The molecule has 0 fully saturated rings. The second kappa shape index (κ2) is 9.99. The van der Waals surface area contributed by atoms with Gasteiger partial charge in [0.05, 0.1) is 24.9 Å². The number of nitrogens with one attached hydrogen (secondary N) is 1. The van der Waals surface area contributed by atoms with Gasteiger partial charge in [-0.25, -0.2) is 4.68 Å². The molecule has 1 heterocycles. The second-order valence-corrected chi connectivity index (χ2v) is 6.68. The standard InChI is InChI=1S/C22H20F3N3O4/c1-31-17-6-2-4-15(12-17)19-8-9-21(30)28(27-19)11-10-26-20(29)14-32-18-7-3-5-16(13-18)22(23,24)25/h2-9,12-13H,10-11,14H2,1H3,(H,26,29). The van der Waals surface area contributed by atoms with E-state index in [4.69, 9.17) is 9.47 Å². The van der Waals surface area contributed by atoms with Gasteiger partial charge in [0.1, 0.15) is 11.5 Å². The van der Waals surface area contributed by atoms with E-state index < -0.39 is 24.3 Å². The highest BCUT2D eigenvalue weighted by Crippen LogP contribution is 2.31. The highest BCUT2D eigenvalue weighted by atomic mass is 19.4. The van der Waals surface area contributed by atoms with Crippen LogP contribution < -0.4 is 20.3 Å². The van der Waals surface area contributed by atoms with Crippen LogP contribution in [0, 0.1) is 0 Å². The summed E-state index contributed by atoms with van der Waals surface area (Å²) in [4.78, 5) is 24.0. The van der Waals surface area contributed by atoms with Crippen molar-refractivity contribution in [2.75, 3.05) is 20.3 Å². The van der Waals surface area contributed by atoms with Crippen LogP contribution in [-0.2, 0) is 17.5 Å². The summed E-state index contributed by atoms with van der Waals surface area (Å²) in [6, 6.07) is 14.4. The van der Waals surface area contributed by atoms with Crippen molar-refractivity contribution < 1.29 is 27.4 Å². The molecule has 0 aliphatic rings. The van der Waals surface area contributed by atoms with E-state index in [1.807, 2.05) is 6.07 Å². The van der Waals surface area contributed by atoms with E-state index in [-0.39, 0.29) is 24.4 Å². The molecule has 0 aliphatic heterocycles. The van der Waals surface area contributed by atoms with Gasteiger partial charge in [-0.15, -0.1) is 0 Å². The van der Waals surface area contributed by atoms with Gasteiger partial charge in [0.25, 0.3) is 11.5 Å². The Bertz CT molecular complexity index is 1150. The molecule has 0 spiro atoms. The molecule has 1 N–H and O–H groups in total. The zero-order valence-electron chi connectivity index (χ0n) is 17.1. The van der Waals surface area contributed by atoms with E-state index >= 15 is 0 Å². The summed E-state index contributed by atoms with van der Waals surface area (Å²) in [6.45, 7) is -0.279. The summed E-state index contributed by atoms with van der Waals surface area (Å²) in [5.41, 5.74) is 0.113. The fraction of sp³-hybridized carbons (Fsp3) is 0.227. The van der Waals surface area contributed by atoms with Crippen LogP contribution in [0.1, 0.15) is 5.56 Å². The number of aromatic nitrogens is 2. The van der Waals surface area contributed by atoms with Crippen LogP contribution in [0.4, 0.5) is 13.2 Å². The van der Waals surface area contributed by atoms with Crippen LogP contribution >= 0.6 is 0 Å². The first-order valence-electron chi connectivity index (χ1n) is 9.55. The van der Waals surface area contributed by atoms with Gasteiger partial charge >= 0.3 is 6.18 Å². The predicted molar refractivity (Wildman–Crippen MR) is 110 cm³/mol. The SMILES string of the molecule is COc1cccc(-c2ccc(=O)n(CCNC(=O)COc3cccc(C(F)(F)F)c3)n2)c1. The fourth-order valence-corrected chi connectivity index (χ4v) is 2.81. The number of hydrogen-bond donors (Lipinski definition) is 1. The van der Waals surface area contributed by atoms with Crippen LogP contribution in [0.3, 0.4) is 0 Å². The minimum absolute atomic E-state index is 0.0705. The zero-order chi connectivity index (χ0) is 23.1. The predicted octanol–water partition coefficient (Wildman–Crippen LogP) is 3.13. The molecule has 0 aliphatic carbocycles. The van der Waals surface area contributed by atoms with Crippen LogP contribution in [0.2, 0.25) is 0 Å². The van der Waals surface area contributed by atoms with Crippen LogP contribution in [0.15, 0.2) is 65.5 Å². The first kappa shape index (κ1) is 22.9. The molecular weight excluding hydrogens is 427 g/mol. The third-order valence-electron chi connectivity index (χ3n) is 4.41. The third kappa shape index (κ3) is 6.10. The number of hydrogen-bond acceptors (Lipinski definition) is 5. The summed E-state index contributed by atoms with van der Waals surface area (Å²) < 4.78 is 49.7. The number of carbonyl (C=O) groups excluding carboxylic acids is 1. The number of halogens is 3. The molecular formula is C22H20F3N3O4. The Morgan fingerprint density at radius 3 is 2.56 bits per heavy atom. The lowest BCUT2D eigenvalue weighted by Crippen LogP contribution is -2.34. The van der Waals surface area contributed by atoms with Crippen molar-refractivity contribution in [3.8, 4) is 22.8 Å². The summed E-state index contributed by atoms with van der Waals surface area (Å²) in [5, 5.41) is 6.85. The highest BCUT2D eigenvalue weighted by molar-refractivity contribution is 5.77. The van der Waals surface area contributed by atoms with Crippen molar-refractivity contribution in [2.45, 2.75) is 12.7 Å². The maximum atomic E-state index is 12.7. The van der Waals surface area contributed by atoms with Crippen molar-refractivity contribution in [3.63, 3.8) is 0 Å². The summed E-state index contributed by atoms with van der Waals surface area (Å²) in [6.07, 6.45) is -4.50. The normalized spacial score (nSPS) is 11.1. The van der Waals surface area contributed by atoms with Gasteiger partial charge in [-0.3, -0.25) is 9.59 Å². The van der Waals surface area contributed by atoms with E-state index in [9.17, 15) is 22.8 Å². The minimum atomic E-state index is -4.50. The average molecular weight is 447 g/mol. The molecule has 0 unspecified atom stereocenters. The molecule has 0 radical (unpaired) electrons. The Balaban J connectivity index is 1.55. The molecule has 0 saturated carbocycles. The van der Waals surface area contributed by atoms with Crippen LogP contribution in [0.5, 0.6) is 11.5 Å². The van der Waals surface area contributed by atoms with E-state index in [0.717, 1.165) is 17.7 Å². The van der Waals surface area contributed by atoms with E-state index in [2.05, 4.69) is 10.4 Å². The second-order valence-electron chi connectivity index (χ2n) is 6.68. The van der Waals surface area contributed by atoms with Crippen molar-refractivity contribution in [3.05, 3.63) is 76.6 Å². The molecule has 3 aromatic rings. The van der Waals surface area contributed by atoms with Crippen LogP contribution in [0.25, 0.3) is 11.3 Å². The quantitative estimate of drug-likeness (QED) is 0.574. The maximum absolute atomic E-state index is 12.7. The number of amides is 1. The van der Waals surface area contributed by atoms with Gasteiger partial charge in [-0.1, -0.05) is 18.2 Å². The monoisotopic (exact) mass is 447 g/mol. The van der Waals surface area contributed by atoms with Gasteiger partial charge in [0, 0.05) is 18.2 Å². The van der Waals surface area contributed by atoms with Gasteiger partial charge < -0.3 is 14.8 Å². The van der Waals surface area contributed by atoms with E-state index in [1.165, 1.54) is 22.9 Å². The lowest BCUT2D eigenvalue weighted by molar-refractivity contribution is -0.137. The third-order valence-corrected chi connectivity index (χ3v) is 4.41. The largest absolute Gasteiger partial charge is 0.497 e. The Kier molecular flexibility index (Phi) is 7.14. The molecule has 2 aromatic carbocycles. The molecule has 3 rings (SSSR count). The summed E-state index contributed by atoms with van der Waals surface area (Å²) in [7, 11) is 1.55. The number of ether oxygens (including phenoxy) is 2. The number of methoxy groups -OCH3 is 1. The van der Waals surface area contributed by atoms with Crippen LogP contribution in [-0.4, -0.2) is 35.9 Å². The first-order valence-corrected chi connectivity index (χ1v) is 9.55. The van der Waals surface area contributed by atoms with Crippen molar-refractivity contribution in [1.82, 2.24) is 15.1 Å². The van der Waals surface area contributed by atoms with E-state index in [0.29, 0.717) is 11.4 Å². The molecule has 1 amide bonds. The number of nitrogens with zero attached hydrogens (tertiary/aromatic N) is 2. The lowest BCUT2D eigenvalue weighted by atomic mass is 10.1. The zero-order valence-corrected chi connectivity index (χ0v) is 17.1. The van der Waals surface area contributed by atoms with Gasteiger partial charge in [0.2, 0.25) is 0 Å². The molecule has 0 saturated heterocycles. The fourth-order valence-electron chi connectivity index (χ4n) is 2.81. The van der Waals surface area contributed by atoms with Gasteiger partial charge in [-0.05, 0) is 36.4 Å². The molecule has 7 nitrogen and oxygen atoms in total. The highest BCUT2D eigenvalue weighted by Gasteiger charge is 2.30. The topological polar surface area (TPSA) is 82.5 Å². The minimum Gasteiger partial charge on any atom is -0.497 e. The smallest absolute Gasteiger partial charge is 0.416 e. The molecule has 168 valence electrons. The molecule has 0 atom stereocenters.